The summed E-state index contributed by atoms with van der Waals surface area (Å²) >= 11 is 0. The molecule has 2 atom stereocenters. The average Bonchev–Trinajstić information content (AvgIpc) is 2.55. The van der Waals surface area contributed by atoms with Crippen LogP contribution in [0.1, 0.15) is 30.0 Å². The lowest BCUT2D eigenvalue weighted by atomic mass is 9.83. The molecule has 2 rings (SSSR count). The molecule has 6 nitrogen and oxygen atoms in total. The van der Waals surface area contributed by atoms with Crippen LogP contribution >= 0.6 is 0 Å². The first-order valence-corrected chi connectivity index (χ1v) is 7.60. The molecule has 1 aliphatic heterocycles. The van der Waals surface area contributed by atoms with Gasteiger partial charge in [0.1, 0.15) is 6.54 Å². The van der Waals surface area contributed by atoms with E-state index >= 15 is 0 Å². The van der Waals surface area contributed by atoms with Gasteiger partial charge in [0.15, 0.2) is 0 Å². The van der Waals surface area contributed by atoms with E-state index in [-0.39, 0.29) is 30.3 Å². The fraction of sp³-hybridized carbons (Fsp3) is 0.471. The molecule has 0 aromatic heterocycles. The van der Waals surface area contributed by atoms with Gasteiger partial charge in [-0.25, -0.2) is 0 Å². The Morgan fingerprint density at radius 2 is 1.96 bits per heavy atom. The van der Waals surface area contributed by atoms with E-state index in [9.17, 15) is 14.4 Å². The number of methoxy groups -OCH3 is 1. The molecule has 2 unspecified atom stereocenters. The van der Waals surface area contributed by atoms with Gasteiger partial charge in [-0.1, -0.05) is 29.8 Å². The number of likely N-dealkylation sites (tertiary alicyclic amines) is 1. The summed E-state index contributed by atoms with van der Waals surface area (Å²) in [6.07, 6.45) is 0.796. The van der Waals surface area contributed by atoms with Gasteiger partial charge in [0.2, 0.25) is 11.8 Å². The summed E-state index contributed by atoms with van der Waals surface area (Å²) in [6.45, 7) is 1.82. The summed E-state index contributed by atoms with van der Waals surface area (Å²) in [5.41, 5.74) is 2.04. The van der Waals surface area contributed by atoms with Crippen LogP contribution in [0.3, 0.4) is 0 Å². The molecule has 1 aromatic carbocycles. The fourth-order valence-electron chi connectivity index (χ4n) is 2.89. The number of nitrogens with one attached hydrogen (secondary N) is 1. The maximum atomic E-state index is 12.5. The van der Waals surface area contributed by atoms with E-state index in [0.29, 0.717) is 12.8 Å². The number of amides is 2. The van der Waals surface area contributed by atoms with Crippen molar-refractivity contribution in [3.63, 3.8) is 0 Å². The molecular formula is C17H22N2O4. The molecule has 1 N–H and O–H groups in total. The van der Waals surface area contributed by atoms with Crippen LogP contribution in [0, 0.1) is 12.8 Å². The number of piperidine rings is 1. The second kappa shape index (κ2) is 7.26. The Bertz CT molecular complexity index is 597. The van der Waals surface area contributed by atoms with Gasteiger partial charge in [0, 0.05) is 13.5 Å². The van der Waals surface area contributed by atoms with Crippen molar-refractivity contribution in [2.45, 2.75) is 25.8 Å². The zero-order chi connectivity index (χ0) is 17.0. The molecule has 1 aliphatic rings. The van der Waals surface area contributed by atoms with Gasteiger partial charge >= 0.3 is 5.97 Å². The number of nitrogens with zero attached hydrogens (tertiary/aromatic N) is 1. The summed E-state index contributed by atoms with van der Waals surface area (Å²) in [5, 5.41) is 2.60. The van der Waals surface area contributed by atoms with Crippen molar-refractivity contribution in [3.8, 4) is 0 Å². The van der Waals surface area contributed by atoms with E-state index < -0.39 is 5.97 Å². The van der Waals surface area contributed by atoms with Crippen molar-refractivity contribution in [2.75, 3.05) is 20.7 Å². The minimum absolute atomic E-state index is 0.0209. The Morgan fingerprint density at radius 3 is 2.57 bits per heavy atom. The van der Waals surface area contributed by atoms with E-state index in [4.69, 9.17) is 0 Å². The Hall–Kier alpha value is -2.37. The smallest absolute Gasteiger partial charge is 0.325 e. The minimum atomic E-state index is -0.495. The van der Waals surface area contributed by atoms with E-state index in [1.807, 2.05) is 31.2 Å². The highest BCUT2D eigenvalue weighted by atomic mass is 16.5. The first kappa shape index (κ1) is 17.0. The van der Waals surface area contributed by atoms with E-state index in [0.717, 1.165) is 11.1 Å². The zero-order valence-electron chi connectivity index (χ0n) is 13.7. The summed E-state index contributed by atoms with van der Waals surface area (Å²) in [7, 11) is 2.99. The van der Waals surface area contributed by atoms with E-state index in [2.05, 4.69) is 10.1 Å². The van der Waals surface area contributed by atoms with Crippen molar-refractivity contribution in [1.82, 2.24) is 10.2 Å². The lowest BCUT2D eigenvalue weighted by molar-refractivity contribution is -0.145. The van der Waals surface area contributed by atoms with E-state index in [1.54, 1.807) is 11.9 Å². The van der Waals surface area contributed by atoms with Gasteiger partial charge < -0.3 is 15.0 Å². The number of ether oxygens (including phenoxy) is 1. The number of hydrogen-bond acceptors (Lipinski definition) is 4. The number of carbonyl (C=O) groups excluding carboxylic acids is 3. The van der Waals surface area contributed by atoms with Crippen molar-refractivity contribution >= 4 is 17.8 Å². The Balaban J connectivity index is 2.21. The van der Waals surface area contributed by atoms with Gasteiger partial charge in [-0.3, -0.25) is 14.4 Å². The topological polar surface area (TPSA) is 75.7 Å². The van der Waals surface area contributed by atoms with Gasteiger partial charge in [-0.2, -0.15) is 0 Å². The minimum Gasteiger partial charge on any atom is -0.468 e. The van der Waals surface area contributed by atoms with Crippen molar-refractivity contribution in [2.24, 2.45) is 5.92 Å². The van der Waals surface area contributed by atoms with Gasteiger partial charge in [-0.05, 0) is 18.9 Å². The molecule has 1 aromatic rings. The molecule has 6 heteroatoms. The van der Waals surface area contributed by atoms with Gasteiger partial charge in [-0.15, -0.1) is 0 Å². The molecule has 2 amide bonds. The second-order valence-electron chi connectivity index (χ2n) is 5.80. The maximum absolute atomic E-state index is 12.5. The molecule has 0 spiro atoms. The van der Waals surface area contributed by atoms with Crippen LogP contribution in [0.5, 0.6) is 0 Å². The van der Waals surface area contributed by atoms with Crippen LogP contribution < -0.4 is 5.32 Å². The number of rotatable bonds is 4. The molecule has 0 aliphatic carbocycles. The Labute approximate surface area is 135 Å². The van der Waals surface area contributed by atoms with Crippen LogP contribution in [0.4, 0.5) is 0 Å². The number of hydrogen-bond donors (Lipinski definition) is 1. The third-order valence-corrected chi connectivity index (χ3v) is 4.25. The predicted octanol–water partition coefficient (Wildman–Crippen LogP) is 1.19. The first-order valence-electron chi connectivity index (χ1n) is 7.60. The second-order valence-corrected chi connectivity index (χ2v) is 5.80. The molecule has 0 radical (unpaired) electrons. The fourth-order valence-corrected chi connectivity index (χ4v) is 2.89. The number of carbonyl (C=O) groups is 3. The zero-order valence-corrected chi connectivity index (χ0v) is 13.7. The third kappa shape index (κ3) is 3.88. The Morgan fingerprint density at radius 1 is 1.30 bits per heavy atom. The highest BCUT2D eigenvalue weighted by Crippen LogP contribution is 2.35. The molecule has 1 saturated heterocycles. The SMILES string of the molecule is COC(=O)CNC(=O)C1CCC(=O)N(C)C1c1ccc(C)cc1. The summed E-state index contributed by atoms with van der Waals surface area (Å²) in [5.74, 6) is -1.09. The van der Waals surface area contributed by atoms with Crippen LogP contribution in [0.15, 0.2) is 24.3 Å². The maximum Gasteiger partial charge on any atom is 0.325 e. The number of esters is 1. The predicted molar refractivity (Wildman–Crippen MR) is 84.4 cm³/mol. The van der Waals surface area contributed by atoms with Gasteiger partial charge in [0.05, 0.1) is 19.1 Å². The summed E-state index contributed by atoms with van der Waals surface area (Å²) in [6, 6.07) is 7.48. The summed E-state index contributed by atoms with van der Waals surface area (Å²) in [4.78, 5) is 37.3. The van der Waals surface area contributed by atoms with Crippen molar-refractivity contribution < 1.29 is 19.1 Å². The molecule has 1 heterocycles. The first-order chi connectivity index (χ1) is 10.9. The number of benzene rings is 1. The largest absolute Gasteiger partial charge is 0.468 e. The number of aryl methyl sites for hydroxylation is 1. The molecule has 124 valence electrons. The highest BCUT2D eigenvalue weighted by Gasteiger charge is 2.38. The quantitative estimate of drug-likeness (QED) is 0.846. The molecule has 1 fully saturated rings. The molecule has 0 saturated carbocycles. The summed E-state index contributed by atoms with van der Waals surface area (Å²) < 4.78 is 4.53. The standard InChI is InChI=1S/C17H22N2O4/c1-11-4-6-12(7-5-11)16-13(8-9-14(20)19(16)2)17(22)18-10-15(21)23-3/h4-7,13,16H,8-10H2,1-3H3,(H,18,22). The normalized spacial score (nSPS) is 21.0. The van der Waals surface area contributed by atoms with Crippen molar-refractivity contribution in [1.29, 1.82) is 0 Å². The lowest BCUT2D eigenvalue weighted by Crippen LogP contribution is -2.47. The van der Waals surface area contributed by atoms with Gasteiger partial charge in [0.25, 0.3) is 0 Å². The molecule has 0 bridgehead atoms. The van der Waals surface area contributed by atoms with Crippen LogP contribution in [-0.2, 0) is 19.1 Å². The third-order valence-electron chi connectivity index (χ3n) is 4.25. The van der Waals surface area contributed by atoms with Crippen LogP contribution in [-0.4, -0.2) is 43.4 Å². The average molecular weight is 318 g/mol. The van der Waals surface area contributed by atoms with Crippen LogP contribution in [0.25, 0.3) is 0 Å². The highest BCUT2D eigenvalue weighted by molar-refractivity contribution is 5.87. The Kier molecular flexibility index (Phi) is 5.36. The lowest BCUT2D eigenvalue weighted by Gasteiger charge is -2.38. The van der Waals surface area contributed by atoms with Crippen LogP contribution in [0.2, 0.25) is 0 Å². The molecule has 23 heavy (non-hydrogen) atoms. The molecular weight excluding hydrogens is 296 g/mol. The monoisotopic (exact) mass is 318 g/mol. The van der Waals surface area contributed by atoms with E-state index in [1.165, 1.54) is 7.11 Å². The van der Waals surface area contributed by atoms with Crippen molar-refractivity contribution in [3.05, 3.63) is 35.4 Å².